The van der Waals surface area contributed by atoms with Gasteiger partial charge in [0.05, 0.1) is 13.7 Å². The van der Waals surface area contributed by atoms with Gasteiger partial charge in [0.25, 0.3) is 0 Å². The summed E-state index contributed by atoms with van der Waals surface area (Å²) >= 11 is 0. The number of rotatable bonds is 7. The minimum Gasteiger partial charge on any atom is -0.497 e. The molecular formula is C22H30N4O. The van der Waals surface area contributed by atoms with E-state index in [1.807, 2.05) is 12.1 Å². The van der Waals surface area contributed by atoms with Gasteiger partial charge in [-0.1, -0.05) is 30.3 Å². The number of ether oxygens (including phenoxy) is 1. The van der Waals surface area contributed by atoms with Crippen molar-refractivity contribution in [3.05, 3.63) is 59.7 Å². The van der Waals surface area contributed by atoms with Crippen LogP contribution < -0.4 is 20.7 Å². The van der Waals surface area contributed by atoms with Gasteiger partial charge in [-0.3, -0.25) is 0 Å². The third-order valence-electron chi connectivity index (χ3n) is 4.99. The molecule has 0 unspecified atom stereocenters. The SMILES string of the molecule is COc1ccc(CCNC(N)=NCc2ccccc2N2CCCCC2)cc1. The minimum absolute atomic E-state index is 0.497. The zero-order valence-electron chi connectivity index (χ0n) is 16.2. The van der Waals surface area contributed by atoms with Gasteiger partial charge in [0.1, 0.15) is 5.75 Å². The molecule has 0 aromatic heterocycles. The fraction of sp³-hybridized carbons (Fsp3) is 0.409. The lowest BCUT2D eigenvalue weighted by Gasteiger charge is -2.30. The second-order valence-electron chi connectivity index (χ2n) is 6.90. The molecule has 3 rings (SSSR count). The maximum absolute atomic E-state index is 6.07. The molecule has 1 heterocycles. The van der Waals surface area contributed by atoms with Crippen LogP contribution in [0.1, 0.15) is 30.4 Å². The van der Waals surface area contributed by atoms with Crippen LogP contribution in [-0.2, 0) is 13.0 Å². The number of para-hydroxylation sites is 1. The standard InChI is InChI=1S/C22H30N4O/c1-27-20-11-9-18(10-12-20)13-14-24-22(23)25-17-19-7-3-4-8-21(19)26-15-5-2-6-16-26/h3-4,7-12H,2,5-6,13-17H2,1H3,(H3,23,24,25). The number of aliphatic imine (C=N–C) groups is 1. The Labute approximate surface area is 162 Å². The lowest BCUT2D eigenvalue weighted by Crippen LogP contribution is -2.33. The third kappa shape index (κ3) is 5.64. The summed E-state index contributed by atoms with van der Waals surface area (Å²) in [6, 6.07) is 16.6. The molecule has 0 atom stereocenters. The van der Waals surface area contributed by atoms with Gasteiger partial charge >= 0.3 is 0 Å². The van der Waals surface area contributed by atoms with Crippen molar-refractivity contribution in [3.63, 3.8) is 0 Å². The van der Waals surface area contributed by atoms with Gasteiger partial charge in [0.2, 0.25) is 0 Å². The van der Waals surface area contributed by atoms with Crippen LogP contribution >= 0.6 is 0 Å². The van der Waals surface area contributed by atoms with Crippen LogP contribution in [0.2, 0.25) is 0 Å². The molecule has 1 aliphatic heterocycles. The van der Waals surface area contributed by atoms with Crippen LogP contribution in [0, 0.1) is 0 Å². The highest BCUT2D eigenvalue weighted by molar-refractivity contribution is 5.78. The lowest BCUT2D eigenvalue weighted by atomic mass is 10.1. The van der Waals surface area contributed by atoms with Crippen LogP contribution in [0.4, 0.5) is 5.69 Å². The number of nitrogens with one attached hydrogen (secondary N) is 1. The van der Waals surface area contributed by atoms with E-state index in [0.717, 1.165) is 31.8 Å². The first-order valence-electron chi connectivity index (χ1n) is 9.76. The van der Waals surface area contributed by atoms with Crippen molar-refractivity contribution in [2.24, 2.45) is 10.7 Å². The summed E-state index contributed by atoms with van der Waals surface area (Å²) in [7, 11) is 1.68. The second-order valence-corrected chi connectivity index (χ2v) is 6.90. The Kier molecular flexibility index (Phi) is 6.97. The molecule has 0 saturated carbocycles. The van der Waals surface area contributed by atoms with Crippen molar-refractivity contribution in [1.82, 2.24) is 5.32 Å². The summed E-state index contributed by atoms with van der Waals surface area (Å²) < 4.78 is 5.18. The molecule has 0 aliphatic carbocycles. The van der Waals surface area contributed by atoms with Crippen molar-refractivity contribution >= 4 is 11.6 Å². The molecule has 0 bridgehead atoms. The topological polar surface area (TPSA) is 62.9 Å². The number of piperidine rings is 1. The number of hydrogen-bond acceptors (Lipinski definition) is 3. The van der Waals surface area contributed by atoms with Crippen molar-refractivity contribution in [3.8, 4) is 5.75 Å². The summed E-state index contributed by atoms with van der Waals surface area (Å²) in [6.45, 7) is 3.64. The van der Waals surface area contributed by atoms with Crippen LogP contribution in [-0.4, -0.2) is 32.7 Å². The van der Waals surface area contributed by atoms with E-state index in [9.17, 15) is 0 Å². The van der Waals surface area contributed by atoms with E-state index in [1.165, 1.54) is 36.1 Å². The molecule has 1 aliphatic rings. The number of nitrogens with two attached hydrogens (primary N) is 1. The third-order valence-corrected chi connectivity index (χ3v) is 4.99. The Balaban J connectivity index is 1.51. The molecule has 0 amide bonds. The predicted octanol–water partition coefficient (Wildman–Crippen LogP) is 3.33. The van der Waals surface area contributed by atoms with E-state index in [2.05, 4.69) is 51.6 Å². The monoisotopic (exact) mass is 366 g/mol. The van der Waals surface area contributed by atoms with Crippen molar-refractivity contribution in [2.45, 2.75) is 32.2 Å². The van der Waals surface area contributed by atoms with Gasteiger partial charge in [0.15, 0.2) is 5.96 Å². The van der Waals surface area contributed by atoms with E-state index in [-0.39, 0.29) is 0 Å². The van der Waals surface area contributed by atoms with Crippen molar-refractivity contribution in [2.75, 3.05) is 31.6 Å². The average molecular weight is 367 g/mol. The molecule has 2 aromatic carbocycles. The smallest absolute Gasteiger partial charge is 0.188 e. The number of guanidine groups is 1. The lowest BCUT2D eigenvalue weighted by molar-refractivity contribution is 0.414. The molecule has 0 spiro atoms. The fourth-order valence-corrected chi connectivity index (χ4v) is 3.44. The molecule has 1 fully saturated rings. The summed E-state index contributed by atoms with van der Waals surface area (Å²) in [4.78, 5) is 7.02. The highest BCUT2D eigenvalue weighted by atomic mass is 16.5. The molecule has 3 N–H and O–H groups in total. The summed E-state index contributed by atoms with van der Waals surface area (Å²) in [5.41, 5.74) is 9.84. The molecule has 144 valence electrons. The maximum Gasteiger partial charge on any atom is 0.188 e. The van der Waals surface area contributed by atoms with E-state index in [0.29, 0.717) is 12.5 Å². The van der Waals surface area contributed by atoms with E-state index in [1.54, 1.807) is 7.11 Å². The van der Waals surface area contributed by atoms with Crippen LogP contribution in [0.3, 0.4) is 0 Å². The van der Waals surface area contributed by atoms with Gasteiger partial charge in [0, 0.05) is 25.3 Å². The Morgan fingerprint density at radius 1 is 1.07 bits per heavy atom. The number of anilines is 1. The summed E-state index contributed by atoms with van der Waals surface area (Å²) in [6.07, 6.45) is 4.77. The normalized spacial score (nSPS) is 14.9. The molecule has 0 radical (unpaired) electrons. The van der Waals surface area contributed by atoms with Gasteiger partial charge in [-0.2, -0.15) is 0 Å². The highest BCUT2D eigenvalue weighted by Crippen LogP contribution is 2.24. The van der Waals surface area contributed by atoms with Gasteiger partial charge in [-0.15, -0.1) is 0 Å². The van der Waals surface area contributed by atoms with Crippen LogP contribution in [0.15, 0.2) is 53.5 Å². The Morgan fingerprint density at radius 3 is 2.56 bits per heavy atom. The number of hydrogen-bond donors (Lipinski definition) is 2. The zero-order chi connectivity index (χ0) is 18.9. The Hall–Kier alpha value is -2.69. The molecule has 27 heavy (non-hydrogen) atoms. The summed E-state index contributed by atoms with van der Waals surface area (Å²) in [5.74, 6) is 1.37. The molecule has 5 nitrogen and oxygen atoms in total. The first-order valence-corrected chi connectivity index (χ1v) is 9.76. The number of methoxy groups -OCH3 is 1. The highest BCUT2D eigenvalue weighted by Gasteiger charge is 2.13. The van der Waals surface area contributed by atoms with Gasteiger partial charge < -0.3 is 20.7 Å². The quantitative estimate of drug-likeness (QED) is 0.583. The minimum atomic E-state index is 0.497. The predicted molar refractivity (Wildman–Crippen MR) is 113 cm³/mol. The fourth-order valence-electron chi connectivity index (χ4n) is 3.44. The van der Waals surface area contributed by atoms with E-state index in [4.69, 9.17) is 10.5 Å². The summed E-state index contributed by atoms with van der Waals surface area (Å²) in [5, 5.41) is 3.21. The van der Waals surface area contributed by atoms with E-state index >= 15 is 0 Å². The Morgan fingerprint density at radius 2 is 1.81 bits per heavy atom. The molecule has 5 heteroatoms. The van der Waals surface area contributed by atoms with Gasteiger partial charge in [-0.25, -0.2) is 4.99 Å². The maximum atomic E-state index is 6.07. The van der Waals surface area contributed by atoms with Crippen LogP contribution in [0.25, 0.3) is 0 Å². The first-order chi connectivity index (χ1) is 13.3. The van der Waals surface area contributed by atoms with Crippen LogP contribution in [0.5, 0.6) is 5.75 Å². The average Bonchev–Trinajstić information content (AvgIpc) is 2.73. The first kappa shape index (κ1) is 19.1. The Bertz CT molecular complexity index is 736. The second kappa shape index (κ2) is 9.86. The largest absolute Gasteiger partial charge is 0.497 e. The number of benzene rings is 2. The molecular weight excluding hydrogens is 336 g/mol. The van der Waals surface area contributed by atoms with E-state index < -0.39 is 0 Å². The van der Waals surface area contributed by atoms with Crippen molar-refractivity contribution in [1.29, 1.82) is 0 Å². The molecule has 2 aromatic rings. The van der Waals surface area contributed by atoms with Crippen molar-refractivity contribution < 1.29 is 4.74 Å². The molecule has 1 saturated heterocycles. The van der Waals surface area contributed by atoms with Gasteiger partial charge in [-0.05, 0) is 55.0 Å². The zero-order valence-corrected chi connectivity index (χ0v) is 16.2. The number of nitrogens with zero attached hydrogens (tertiary/aromatic N) is 2.